The molecule has 0 aliphatic heterocycles. The van der Waals surface area contributed by atoms with Crippen LogP contribution in [-0.2, 0) is 24.4 Å². The second kappa shape index (κ2) is 6.51. The molecule has 0 saturated heterocycles. The van der Waals surface area contributed by atoms with E-state index in [2.05, 4.69) is 10.3 Å². The molecule has 26 heavy (non-hydrogen) atoms. The van der Waals surface area contributed by atoms with Crippen molar-refractivity contribution in [1.29, 1.82) is 0 Å². The molecule has 0 fully saturated rings. The molecule has 0 aliphatic carbocycles. The van der Waals surface area contributed by atoms with Gasteiger partial charge in [-0.1, -0.05) is 18.2 Å². The van der Waals surface area contributed by atoms with E-state index in [-0.39, 0.29) is 18.1 Å². The second-order valence-electron chi connectivity index (χ2n) is 6.08. The maximum atomic E-state index is 12.6. The third-order valence-electron chi connectivity index (χ3n) is 4.42. The smallest absolute Gasteiger partial charge is 0.329 e. The Balaban J connectivity index is 1.52. The van der Waals surface area contributed by atoms with Gasteiger partial charge in [0.1, 0.15) is 12.2 Å². The quantitative estimate of drug-likeness (QED) is 0.597. The Hall–Kier alpha value is -3.35. The van der Waals surface area contributed by atoms with Gasteiger partial charge in [0, 0.05) is 18.9 Å². The Morgan fingerprint density at radius 2 is 1.81 bits per heavy atom. The number of para-hydroxylation sites is 2. The standard InChI is InChI=1S/C19H19N5O2/c1-2-23-15-7-3-4-8-16(15)24(19(23)26)13-18(25)20-11-14-12-22-10-6-5-9-17(22)21-14/h3-10,12H,2,11,13H2,1H3,(H,20,25). The van der Waals surface area contributed by atoms with Gasteiger partial charge < -0.3 is 9.72 Å². The molecule has 0 atom stereocenters. The van der Waals surface area contributed by atoms with Crippen LogP contribution in [0.1, 0.15) is 12.6 Å². The summed E-state index contributed by atoms with van der Waals surface area (Å²) in [5.41, 5.74) is 3.04. The molecule has 4 rings (SSSR count). The van der Waals surface area contributed by atoms with Crippen LogP contribution in [0.25, 0.3) is 16.7 Å². The SMILES string of the molecule is CCn1c(=O)n(CC(=O)NCc2cn3ccccc3n2)c2ccccc21. The van der Waals surface area contributed by atoms with Crippen molar-refractivity contribution in [3.05, 3.63) is 71.0 Å². The maximum absolute atomic E-state index is 12.6. The summed E-state index contributed by atoms with van der Waals surface area (Å²) in [5, 5.41) is 2.84. The number of hydrogen-bond donors (Lipinski definition) is 1. The highest BCUT2D eigenvalue weighted by Crippen LogP contribution is 2.12. The minimum absolute atomic E-state index is 0.0142. The third-order valence-corrected chi connectivity index (χ3v) is 4.42. The minimum Gasteiger partial charge on any atom is -0.349 e. The van der Waals surface area contributed by atoms with Gasteiger partial charge in [-0.15, -0.1) is 0 Å². The Bertz CT molecular complexity index is 1120. The predicted octanol–water partition coefficient (Wildman–Crippen LogP) is 1.79. The molecule has 0 saturated carbocycles. The first kappa shape index (κ1) is 16.1. The van der Waals surface area contributed by atoms with Gasteiger partial charge in [0.15, 0.2) is 0 Å². The van der Waals surface area contributed by atoms with Gasteiger partial charge in [-0.05, 0) is 31.2 Å². The number of carbonyl (C=O) groups excluding carboxylic acids is 1. The number of imidazole rings is 2. The summed E-state index contributed by atoms with van der Waals surface area (Å²) in [6.07, 6.45) is 3.79. The van der Waals surface area contributed by atoms with E-state index in [0.29, 0.717) is 13.1 Å². The number of aromatic nitrogens is 4. The van der Waals surface area contributed by atoms with Crippen molar-refractivity contribution < 1.29 is 4.79 Å². The first-order valence-corrected chi connectivity index (χ1v) is 8.54. The number of carbonyl (C=O) groups is 1. The highest BCUT2D eigenvalue weighted by Gasteiger charge is 2.14. The predicted molar refractivity (Wildman–Crippen MR) is 98.9 cm³/mol. The number of benzene rings is 1. The van der Waals surface area contributed by atoms with Crippen molar-refractivity contribution in [2.75, 3.05) is 0 Å². The maximum Gasteiger partial charge on any atom is 0.329 e. The number of amides is 1. The molecule has 132 valence electrons. The van der Waals surface area contributed by atoms with Crippen LogP contribution in [0.4, 0.5) is 0 Å². The Morgan fingerprint density at radius 1 is 1.08 bits per heavy atom. The molecule has 1 amide bonds. The largest absolute Gasteiger partial charge is 0.349 e. The van der Waals surface area contributed by atoms with Crippen LogP contribution in [-0.4, -0.2) is 24.4 Å². The van der Waals surface area contributed by atoms with E-state index < -0.39 is 0 Å². The number of rotatable bonds is 5. The van der Waals surface area contributed by atoms with E-state index in [0.717, 1.165) is 22.4 Å². The van der Waals surface area contributed by atoms with Crippen molar-refractivity contribution in [2.45, 2.75) is 26.6 Å². The number of pyridine rings is 1. The lowest BCUT2D eigenvalue weighted by Crippen LogP contribution is -2.32. The summed E-state index contributed by atoms with van der Waals surface area (Å²) >= 11 is 0. The Morgan fingerprint density at radius 3 is 2.54 bits per heavy atom. The highest BCUT2D eigenvalue weighted by atomic mass is 16.2. The molecule has 0 unspecified atom stereocenters. The van der Waals surface area contributed by atoms with Gasteiger partial charge in [-0.3, -0.25) is 13.9 Å². The van der Waals surface area contributed by atoms with Crippen molar-refractivity contribution in [1.82, 2.24) is 23.8 Å². The van der Waals surface area contributed by atoms with Crippen LogP contribution in [0.5, 0.6) is 0 Å². The van der Waals surface area contributed by atoms with Gasteiger partial charge in [0.05, 0.1) is 23.3 Å². The fourth-order valence-corrected chi connectivity index (χ4v) is 3.19. The van der Waals surface area contributed by atoms with Gasteiger partial charge in [-0.25, -0.2) is 9.78 Å². The van der Waals surface area contributed by atoms with Crippen LogP contribution < -0.4 is 11.0 Å². The molecule has 3 heterocycles. The lowest BCUT2D eigenvalue weighted by Gasteiger charge is -2.04. The van der Waals surface area contributed by atoms with Crippen molar-refractivity contribution in [2.24, 2.45) is 0 Å². The Labute approximate surface area is 149 Å². The normalized spacial score (nSPS) is 11.3. The first-order chi connectivity index (χ1) is 12.7. The average Bonchev–Trinajstić information content (AvgIpc) is 3.19. The topological polar surface area (TPSA) is 73.3 Å². The summed E-state index contributed by atoms with van der Waals surface area (Å²) in [4.78, 5) is 29.4. The summed E-state index contributed by atoms with van der Waals surface area (Å²) in [6, 6.07) is 13.3. The lowest BCUT2D eigenvalue weighted by molar-refractivity contribution is -0.121. The molecule has 0 aliphatic rings. The van der Waals surface area contributed by atoms with E-state index in [1.807, 2.05) is 66.2 Å². The first-order valence-electron chi connectivity index (χ1n) is 8.54. The summed E-state index contributed by atoms with van der Waals surface area (Å²) in [6.45, 7) is 2.79. The van der Waals surface area contributed by atoms with Gasteiger partial charge in [0.25, 0.3) is 0 Å². The van der Waals surface area contributed by atoms with E-state index in [1.54, 1.807) is 4.57 Å². The summed E-state index contributed by atoms with van der Waals surface area (Å²) in [7, 11) is 0. The molecule has 0 spiro atoms. The third kappa shape index (κ3) is 2.77. The Kier molecular flexibility index (Phi) is 4.04. The van der Waals surface area contributed by atoms with Crippen molar-refractivity contribution in [3.63, 3.8) is 0 Å². The minimum atomic E-state index is -0.219. The molecule has 7 nitrogen and oxygen atoms in total. The number of aryl methyl sites for hydroxylation is 1. The van der Waals surface area contributed by atoms with E-state index >= 15 is 0 Å². The zero-order valence-electron chi connectivity index (χ0n) is 14.4. The van der Waals surface area contributed by atoms with Crippen LogP contribution in [0.15, 0.2) is 59.7 Å². The fraction of sp³-hybridized carbons (Fsp3) is 0.211. The van der Waals surface area contributed by atoms with Crippen LogP contribution in [0.2, 0.25) is 0 Å². The fourth-order valence-electron chi connectivity index (χ4n) is 3.19. The molecular weight excluding hydrogens is 330 g/mol. The van der Waals surface area contributed by atoms with Gasteiger partial charge in [0.2, 0.25) is 5.91 Å². The number of nitrogens with one attached hydrogen (secondary N) is 1. The molecule has 0 radical (unpaired) electrons. The van der Waals surface area contributed by atoms with Crippen LogP contribution in [0.3, 0.4) is 0 Å². The number of fused-ring (bicyclic) bond motifs is 2. The molecule has 4 aromatic rings. The van der Waals surface area contributed by atoms with E-state index in [4.69, 9.17) is 0 Å². The zero-order chi connectivity index (χ0) is 18.1. The summed E-state index contributed by atoms with van der Waals surface area (Å²) < 4.78 is 5.09. The summed E-state index contributed by atoms with van der Waals surface area (Å²) in [5.74, 6) is -0.219. The van der Waals surface area contributed by atoms with Gasteiger partial charge in [-0.2, -0.15) is 0 Å². The van der Waals surface area contributed by atoms with Crippen LogP contribution in [0, 0.1) is 0 Å². The van der Waals surface area contributed by atoms with Gasteiger partial charge >= 0.3 is 5.69 Å². The van der Waals surface area contributed by atoms with E-state index in [1.165, 1.54) is 4.57 Å². The number of nitrogens with zero attached hydrogens (tertiary/aromatic N) is 4. The second-order valence-corrected chi connectivity index (χ2v) is 6.08. The monoisotopic (exact) mass is 349 g/mol. The number of hydrogen-bond acceptors (Lipinski definition) is 3. The molecule has 1 aromatic carbocycles. The van der Waals surface area contributed by atoms with Crippen molar-refractivity contribution in [3.8, 4) is 0 Å². The zero-order valence-corrected chi connectivity index (χ0v) is 14.4. The molecule has 1 N–H and O–H groups in total. The molecular formula is C19H19N5O2. The molecule has 7 heteroatoms. The van der Waals surface area contributed by atoms with E-state index in [9.17, 15) is 9.59 Å². The van der Waals surface area contributed by atoms with Crippen LogP contribution >= 0.6 is 0 Å². The highest BCUT2D eigenvalue weighted by molar-refractivity contribution is 5.80. The lowest BCUT2D eigenvalue weighted by atomic mass is 10.3. The molecule has 3 aromatic heterocycles. The average molecular weight is 349 g/mol. The molecule has 0 bridgehead atoms. The van der Waals surface area contributed by atoms with Crippen molar-refractivity contribution >= 4 is 22.6 Å².